The zero-order valence-corrected chi connectivity index (χ0v) is 13.5. The van der Waals surface area contributed by atoms with Crippen molar-refractivity contribution in [2.45, 2.75) is 18.9 Å². The van der Waals surface area contributed by atoms with Gasteiger partial charge in [0.1, 0.15) is 6.10 Å². The van der Waals surface area contributed by atoms with Crippen LogP contribution in [0, 0.1) is 11.3 Å². The molecule has 1 fully saturated rings. The highest BCUT2D eigenvalue weighted by Crippen LogP contribution is 2.22. The fourth-order valence-electron chi connectivity index (χ4n) is 2.90. The van der Waals surface area contributed by atoms with E-state index >= 15 is 0 Å². The van der Waals surface area contributed by atoms with E-state index < -0.39 is 0 Å². The van der Waals surface area contributed by atoms with Crippen LogP contribution < -0.4 is 0 Å². The van der Waals surface area contributed by atoms with Crippen LogP contribution in [0.1, 0.15) is 29.2 Å². The van der Waals surface area contributed by atoms with E-state index in [2.05, 4.69) is 6.07 Å². The van der Waals surface area contributed by atoms with Gasteiger partial charge in [0.25, 0.3) is 0 Å². The lowest BCUT2D eigenvalue weighted by Crippen LogP contribution is -2.42. The van der Waals surface area contributed by atoms with Gasteiger partial charge in [0, 0.05) is 13.0 Å². The number of benzene rings is 2. The second-order valence-electron chi connectivity index (χ2n) is 5.92. The monoisotopic (exact) mass is 320 g/mol. The van der Waals surface area contributed by atoms with Crippen LogP contribution in [0.5, 0.6) is 0 Å². The van der Waals surface area contributed by atoms with Gasteiger partial charge in [0.05, 0.1) is 24.8 Å². The molecule has 24 heavy (non-hydrogen) atoms. The van der Waals surface area contributed by atoms with Crippen molar-refractivity contribution >= 4 is 5.91 Å². The van der Waals surface area contributed by atoms with Crippen molar-refractivity contribution in [2.24, 2.45) is 0 Å². The van der Waals surface area contributed by atoms with Gasteiger partial charge >= 0.3 is 0 Å². The molecule has 0 bridgehead atoms. The smallest absolute Gasteiger partial charge is 0.223 e. The number of morpholine rings is 1. The van der Waals surface area contributed by atoms with E-state index in [4.69, 9.17) is 10.00 Å². The summed E-state index contributed by atoms with van der Waals surface area (Å²) in [6.45, 7) is 1.83. The Kier molecular flexibility index (Phi) is 5.25. The number of nitrogens with zero attached hydrogens (tertiary/aromatic N) is 2. The molecule has 1 saturated heterocycles. The van der Waals surface area contributed by atoms with Crippen LogP contribution in [0.2, 0.25) is 0 Å². The number of carbonyl (C=O) groups is 1. The zero-order chi connectivity index (χ0) is 16.8. The van der Waals surface area contributed by atoms with Gasteiger partial charge in [-0.1, -0.05) is 42.5 Å². The molecular formula is C20H20N2O2. The molecule has 0 spiro atoms. The number of amides is 1. The first-order valence-corrected chi connectivity index (χ1v) is 8.19. The lowest BCUT2D eigenvalue weighted by atomic mass is 10.1. The summed E-state index contributed by atoms with van der Waals surface area (Å²) in [5, 5.41) is 8.81. The molecule has 4 nitrogen and oxygen atoms in total. The largest absolute Gasteiger partial charge is 0.370 e. The minimum absolute atomic E-state index is 0.0428. The molecule has 1 aliphatic heterocycles. The van der Waals surface area contributed by atoms with E-state index in [-0.39, 0.29) is 12.0 Å². The first-order valence-electron chi connectivity index (χ1n) is 8.19. The standard InChI is InChI=1S/C20H20N2O2/c21-14-17-8-6-16(7-9-17)10-11-20(23)22-12-13-24-19(15-22)18-4-2-1-3-5-18/h1-9,19H,10-13,15H2. The van der Waals surface area contributed by atoms with Gasteiger partial charge in [-0.25, -0.2) is 0 Å². The Hall–Kier alpha value is -2.64. The summed E-state index contributed by atoms with van der Waals surface area (Å²) in [5.74, 6) is 0.156. The second-order valence-corrected chi connectivity index (χ2v) is 5.92. The SMILES string of the molecule is N#Cc1ccc(CCC(=O)N2CCOC(c3ccccc3)C2)cc1. The minimum Gasteiger partial charge on any atom is -0.370 e. The topological polar surface area (TPSA) is 53.3 Å². The maximum atomic E-state index is 12.5. The first kappa shape index (κ1) is 16.2. The van der Waals surface area contributed by atoms with Crippen LogP contribution >= 0.6 is 0 Å². The predicted molar refractivity (Wildman–Crippen MR) is 91.2 cm³/mol. The Morgan fingerprint density at radius 1 is 1.17 bits per heavy atom. The first-order chi connectivity index (χ1) is 11.8. The van der Waals surface area contributed by atoms with Crippen molar-refractivity contribution < 1.29 is 9.53 Å². The van der Waals surface area contributed by atoms with Crippen LogP contribution in [0.4, 0.5) is 0 Å². The molecule has 122 valence electrons. The molecule has 1 amide bonds. The number of nitriles is 1. The molecule has 0 aromatic heterocycles. The predicted octanol–water partition coefficient (Wildman–Crippen LogP) is 3.09. The maximum Gasteiger partial charge on any atom is 0.223 e. The molecular weight excluding hydrogens is 300 g/mol. The van der Waals surface area contributed by atoms with E-state index in [1.807, 2.05) is 47.4 Å². The number of hydrogen-bond acceptors (Lipinski definition) is 3. The number of aryl methyl sites for hydroxylation is 1. The molecule has 0 aliphatic carbocycles. The summed E-state index contributed by atoms with van der Waals surface area (Å²) >= 11 is 0. The van der Waals surface area contributed by atoms with Crippen LogP contribution in [0.3, 0.4) is 0 Å². The number of rotatable bonds is 4. The highest BCUT2D eigenvalue weighted by atomic mass is 16.5. The summed E-state index contributed by atoms with van der Waals surface area (Å²) in [7, 11) is 0. The average Bonchev–Trinajstić information content (AvgIpc) is 2.67. The molecule has 2 aromatic carbocycles. The highest BCUT2D eigenvalue weighted by Gasteiger charge is 2.24. The maximum absolute atomic E-state index is 12.5. The minimum atomic E-state index is -0.0428. The van der Waals surface area contributed by atoms with Crippen molar-refractivity contribution in [3.8, 4) is 6.07 Å². The molecule has 1 heterocycles. The number of carbonyl (C=O) groups excluding carboxylic acids is 1. The molecule has 0 saturated carbocycles. The highest BCUT2D eigenvalue weighted by molar-refractivity contribution is 5.76. The van der Waals surface area contributed by atoms with Crippen LogP contribution in [0.15, 0.2) is 54.6 Å². The third-order valence-corrected chi connectivity index (χ3v) is 4.30. The van der Waals surface area contributed by atoms with E-state index in [0.29, 0.717) is 38.1 Å². The molecule has 2 aromatic rings. The third-order valence-electron chi connectivity index (χ3n) is 4.30. The van der Waals surface area contributed by atoms with Gasteiger partial charge in [-0.2, -0.15) is 5.26 Å². The molecule has 0 radical (unpaired) electrons. The van der Waals surface area contributed by atoms with Gasteiger partial charge in [-0.15, -0.1) is 0 Å². The molecule has 0 N–H and O–H groups in total. The van der Waals surface area contributed by atoms with Crippen molar-refractivity contribution in [3.63, 3.8) is 0 Å². The quantitative estimate of drug-likeness (QED) is 0.870. The zero-order valence-electron chi connectivity index (χ0n) is 13.5. The lowest BCUT2D eigenvalue weighted by Gasteiger charge is -2.33. The fourth-order valence-corrected chi connectivity index (χ4v) is 2.90. The molecule has 1 unspecified atom stereocenters. The fraction of sp³-hybridized carbons (Fsp3) is 0.300. The average molecular weight is 320 g/mol. The lowest BCUT2D eigenvalue weighted by molar-refractivity contribution is -0.139. The van der Waals surface area contributed by atoms with E-state index in [9.17, 15) is 4.79 Å². The van der Waals surface area contributed by atoms with Gasteiger partial charge < -0.3 is 9.64 Å². The van der Waals surface area contributed by atoms with Crippen molar-refractivity contribution in [1.29, 1.82) is 5.26 Å². The summed E-state index contributed by atoms with van der Waals surface area (Å²) in [5.41, 5.74) is 2.83. The number of hydrogen-bond donors (Lipinski definition) is 0. The van der Waals surface area contributed by atoms with E-state index in [1.165, 1.54) is 0 Å². The van der Waals surface area contributed by atoms with Crippen LogP contribution in [-0.4, -0.2) is 30.5 Å². The van der Waals surface area contributed by atoms with Crippen molar-refractivity contribution in [1.82, 2.24) is 4.90 Å². The van der Waals surface area contributed by atoms with E-state index in [1.54, 1.807) is 12.1 Å². The second kappa shape index (κ2) is 7.76. The summed E-state index contributed by atoms with van der Waals surface area (Å²) in [6, 6.07) is 19.5. The molecule has 1 atom stereocenters. The Balaban J connectivity index is 1.55. The third kappa shape index (κ3) is 4.01. The van der Waals surface area contributed by atoms with Crippen molar-refractivity contribution in [3.05, 3.63) is 71.3 Å². The van der Waals surface area contributed by atoms with Gasteiger partial charge in [0.2, 0.25) is 5.91 Å². The normalized spacial score (nSPS) is 17.3. The Bertz CT molecular complexity index is 720. The van der Waals surface area contributed by atoms with Gasteiger partial charge in [0.15, 0.2) is 0 Å². The summed E-state index contributed by atoms with van der Waals surface area (Å²) in [4.78, 5) is 14.4. The van der Waals surface area contributed by atoms with Gasteiger partial charge in [-0.3, -0.25) is 4.79 Å². The number of ether oxygens (including phenoxy) is 1. The Morgan fingerprint density at radius 2 is 1.92 bits per heavy atom. The molecule has 1 aliphatic rings. The summed E-state index contributed by atoms with van der Waals surface area (Å²) < 4.78 is 5.81. The Morgan fingerprint density at radius 3 is 2.62 bits per heavy atom. The van der Waals surface area contributed by atoms with Crippen LogP contribution in [0.25, 0.3) is 0 Å². The van der Waals surface area contributed by atoms with Crippen LogP contribution in [-0.2, 0) is 16.0 Å². The molecule has 3 rings (SSSR count). The van der Waals surface area contributed by atoms with E-state index in [0.717, 1.165) is 11.1 Å². The Labute approximate surface area is 142 Å². The van der Waals surface area contributed by atoms with Gasteiger partial charge in [-0.05, 0) is 29.7 Å². The van der Waals surface area contributed by atoms with Crippen molar-refractivity contribution in [2.75, 3.05) is 19.7 Å². The molecule has 4 heteroatoms. The summed E-state index contributed by atoms with van der Waals surface area (Å²) in [6.07, 6.45) is 1.13.